The standard InChI is InChI=1S/C42H25NOSe/c1-2-11-30-26(9-1)10-7-15-37(30)43(38-16-8-14-33-32-13-4-6-18-41(32)45-42(33)38)29-22-21-27-19-20-28-23-40-36(25-35(28)34(27)24-29)31-12-3-5-17-39(31)44-40/h1-25H. The molecular formula is C42H25NOSe. The zero-order chi connectivity index (χ0) is 29.5. The van der Waals surface area contributed by atoms with Crippen molar-refractivity contribution in [3.8, 4) is 0 Å². The van der Waals surface area contributed by atoms with Gasteiger partial charge in [-0.2, -0.15) is 0 Å². The molecule has 0 bridgehead atoms. The summed E-state index contributed by atoms with van der Waals surface area (Å²) >= 11 is 0.211. The predicted octanol–water partition coefficient (Wildman–Crippen LogP) is 11.9. The van der Waals surface area contributed by atoms with Crippen molar-refractivity contribution in [2.45, 2.75) is 0 Å². The molecule has 2 aromatic heterocycles. The van der Waals surface area contributed by atoms with E-state index in [0.717, 1.165) is 27.6 Å². The molecule has 0 atom stereocenters. The summed E-state index contributed by atoms with van der Waals surface area (Å²) in [5, 5.41) is 12.4. The Morgan fingerprint density at radius 3 is 2.02 bits per heavy atom. The zero-order valence-corrected chi connectivity index (χ0v) is 25.9. The molecule has 0 fully saturated rings. The van der Waals surface area contributed by atoms with Crippen molar-refractivity contribution in [3.05, 3.63) is 152 Å². The van der Waals surface area contributed by atoms with Gasteiger partial charge in [-0.1, -0.05) is 6.07 Å². The second kappa shape index (κ2) is 9.58. The molecule has 0 aliphatic rings. The fourth-order valence-electron chi connectivity index (χ4n) is 7.12. The van der Waals surface area contributed by atoms with Gasteiger partial charge in [-0.15, -0.1) is 0 Å². The van der Waals surface area contributed by atoms with Crippen LogP contribution in [0.5, 0.6) is 0 Å². The molecule has 210 valence electrons. The molecule has 45 heavy (non-hydrogen) atoms. The SMILES string of the molecule is c1ccc2c(N(c3ccc4ccc5cc6oc7ccccc7c6cc5c4c3)c3cccc4c3[se]c3ccccc34)cccc2c1. The first-order valence-corrected chi connectivity index (χ1v) is 17.0. The monoisotopic (exact) mass is 639 g/mol. The molecule has 0 aliphatic heterocycles. The molecule has 0 unspecified atom stereocenters. The maximum atomic E-state index is 6.25. The van der Waals surface area contributed by atoms with Crippen LogP contribution >= 0.6 is 0 Å². The number of fused-ring (bicyclic) bond motifs is 10. The number of rotatable bonds is 3. The van der Waals surface area contributed by atoms with Gasteiger partial charge in [0, 0.05) is 0 Å². The summed E-state index contributed by atoms with van der Waals surface area (Å²) in [6, 6.07) is 55.4. The predicted molar refractivity (Wildman–Crippen MR) is 193 cm³/mol. The van der Waals surface area contributed by atoms with Gasteiger partial charge in [0.15, 0.2) is 0 Å². The molecule has 0 N–H and O–H groups in total. The zero-order valence-electron chi connectivity index (χ0n) is 24.2. The Kier molecular flexibility index (Phi) is 5.33. The molecule has 2 heterocycles. The fraction of sp³-hybridized carbons (Fsp3) is 0. The molecule has 2 nitrogen and oxygen atoms in total. The van der Waals surface area contributed by atoms with Gasteiger partial charge in [-0.25, -0.2) is 0 Å². The molecule has 0 spiro atoms. The van der Waals surface area contributed by atoms with Crippen LogP contribution in [-0.2, 0) is 0 Å². The van der Waals surface area contributed by atoms with Crippen molar-refractivity contribution in [3.63, 3.8) is 0 Å². The molecule has 0 aliphatic carbocycles. The van der Waals surface area contributed by atoms with E-state index in [0.29, 0.717) is 0 Å². The third kappa shape index (κ3) is 3.75. The van der Waals surface area contributed by atoms with E-state index in [1.807, 2.05) is 6.07 Å². The quantitative estimate of drug-likeness (QED) is 0.141. The molecule has 8 aromatic carbocycles. The molecule has 0 radical (unpaired) electrons. The second-order valence-electron chi connectivity index (χ2n) is 11.7. The van der Waals surface area contributed by atoms with Crippen LogP contribution in [0.3, 0.4) is 0 Å². The van der Waals surface area contributed by atoms with Crippen molar-refractivity contribution < 1.29 is 4.42 Å². The Bertz CT molecular complexity index is 2780. The minimum atomic E-state index is 0.211. The summed E-state index contributed by atoms with van der Waals surface area (Å²) in [5.41, 5.74) is 5.46. The van der Waals surface area contributed by atoms with Crippen molar-refractivity contribution in [2.24, 2.45) is 0 Å². The molecule has 0 amide bonds. The number of nitrogens with zero attached hydrogens (tertiary/aromatic N) is 1. The molecular weight excluding hydrogens is 613 g/mol. The van der Waals surface area contributed by atoms with Crippen LogP contribution in [0.15, 0.2) is 156 Å². The maximum absolute atomic E-state index is 6.25. The van der Waals surface area contributed by atoms with Gasteiger partial charge < -0.3 is 0 Å². The average molecular weight is 639 g/mol. The van der Waals surface area contributed by atoms with E-state index in [4.69, 9.17) is 4.42 Å². The summed E-state index contributed by atoms with van der Waals surface area (Å²) in [5.74, 6) is 0. The third-order valence-corrected chi connectivity index (χ3v) is 11.7. The van der Waals surface area contributed by atoms with Crippen LogP contribution in [-0.4, -0.2) is 14.5 Å². The fourth-order valence-corrected chi connectivity index (χ4v) is 9.65. The molecule has 10 rings (SSSR count). The first kappa shape index (κ1) is 25.0. The Morgan fingerprint density at radius 2 is 1.07 bits per heavy atom. The van der Waals surface area contributed by atoms with Crippen LogP contribution in [0, 0.1) is 0 Å². The number of para-hydroxylation sites is 1. The van der Waals surface area contributed by atoms with Crippen LogP contribution in [0.1, 0.15) is 0 Å². The van der Waals surface area contributed by atoms with Gasteiger partial charge in [-0.3, -0.25) is 0 Å². The molecule has 0 saturated carbocycles. The van der Waals surface area contributed by atoms with E-state index >= 15 is 0 Å². The van der Waals surface area contributed by atoms with E-state index in [1.165, 1.54) is 63.0 Å². The van der Waals surface area contributed by atoms with Gasteiger partial charge in [-0.05, 0) is 0 Å². The Morgan fingerprint density at radius 1 is 0.400 bits per heavy atom. The average Bonchev–Trinajstić information content (AvgIpc) is 3.66. The Hall–Kier alpha value is -5.34. The Labute approximate surface area is 265 Å². The van der Waals surface area contributed by atoms with Crippen LogP contribution < -0.4 is 4.90 Å². The van der Waals surface area contributed by atoms with Crippen LogP contribution in [0.25, 0.3) is 73.5 Å². The number of hydrogen-bond donors (Lipinski definition) is 0. The molecule has 3 heteroatoms. The summed E-state index contributed by atoms with van der Waals surface area (Å²) < 4.78 is 9.14. The first-order chi connectivity index (χ1) is 22.3. The first-order valence-electron chi connectivity index (χ1n) is 15.3. The van der Waals surface area contributed by atoms with Crippen molar-refractivity contribution in [1.82, 2.24) is 0 Å². The topological polar surface area (TPSA) is 16.4 Å². The van der Waals surface area contributed by atoms with E-state index in [2.05, 4.69) is 150 Å². The summed E-state index contributed by atoms with van der Waals surface area (Å²) in [6.07, 6.45) is 0. The molecule has 10 aromatic rings. The molecule has 0 saturated heterocycles. The number of anilines is 3. The summed E-state index contributed by atoms with van der Waals surface area (Å²) in [6.45, 7) is 0. The minimum absolute atomic E-state index is 0.211. The summed E-state index contributed by atoms with van der Waals surface area (Å²) in [4.78, 5) is 2.50. The van der Waals surface area contributed by atoms with Gasteiger partial charge in [0.2, 0.25) is 0 Å². The second-order valence-corrected chi connectivity index (χ2v) is 13.9. The summed E-state index contributed by atoms with van der Waals surface area (Å²) in [7, 11) is 0. The van der Waals surface area contributed by atoms with Gasteiger partial charge in [0.25, 0.3) is 0 Å². The van der Waals surface area contributed by atoms with Gasteiger partial charge >= 0.3 is 260 Å². The number of furan rings is 1. The van der Waals surface area contributed by atoms with Gasteiger partial charge in [0.1, 0.15) is 0 Å². The van der Waals surface area contributed by atoms with Crippen molar-refractivity contribution >= 4 is 105 Å². The normalized spacial score (nSPS) is 12.0. The van der Waals surface area contributed by atoms with Crippen LogP contribution in [0.4, 0.5) is 17.1 Å². The number of benzene rings is 8. The number of hydrogen-bond acceptors (Lipinski definition) is 2. The van der Waals surface area contributed by atoms with E-state index in [9.17, 15) is 0 Å². The Balaban J connectivity index is 1.29. The third-order valence-electron chi connectivity index (χ3n) is 9.21. The van der Waals surface area contributed by atoms with E-state index in [1.54, 1.807) is 0 Å². The van der Waals surface area contributed by atoms with Crippen molar-refractivity contribution in [2.75, 3.05) is 4.90 Å². The van der Waals surface area contributed by atoms with Crippen LogP contribution in [0.2, 0.25) is 0 Å². The van der Waals surface area contributed by atoms with Crippen molar-refractivity contribution in [1.29, 1.82) is 0 Å². The van der Waals surface area contributed by atoms with E-state index in [-0.39, 0.29) is 14.5 Å². The van der Waals surface area contributed by atoms with Gasteiger partial charge in [0.05, 0.1) is 0 Å². The van der Waals surface area contributed by atoms with E-state index < -0.39 is 0 Å².